The zero-order valence-corrected chi connectivity index (χ0v) is 11.7. The minimum Gasteiger partial charge on any atom is -0.279 e. The van der Waals surface area contributed by atoms with Gasteiger partial charge in [-0.15, -0.1) is 0 Å². The van der Waals surface area contributed by atoms with Crippen molar-refractivity contribution in [3.8, 4) is 11.1 Å². The van der Waals surface area contributed by atoms with Crippen LogP contribution in [-0.2, 0) is 0 Å². The van der Waals surface area contributed by atoms with E-state index in [2.05, 4.69) is 51.6 Å². The molecule has 20 heavy (non-hydrogen) atoms. The van der Waals surface area contributed by atoms with E-state index in [4.69, 9.17) is 0 Å². The van der Waals surface area contributed by atoms with E-state index in [0.717, 1.165) is 11.3 Å². The number of rotatable bonds is 4. The highest BCUT2D eigenvalue weighted by Gasteiger charge is 1.97. The first-order chi connectivity index (χ1) is 9.92. The van der Waals surface area contributed by atoms with Gasteiger partial charge >= 0.3 is 0 Å². The first-order valence-corrected chi connectivity index (χ1v) is 7.33. The van der Waals surface area contributed by atoms with Crippen LogP contribution in [0.1, 0.15) is 5.56 Å². The minimum absolute atomic E-state index is 0.985. The van der Waals surface area contributed by atoms with Gasteiger partial charge in [0.15, 0.2) is 0 Å². The minimum atomic E-state index is 0.985. The molecule has 0 amide bonds. The molecule has 0 unspecified atom stereocenters. The number of thiophene rings is 1. The predicted octanol–water partition coefficient (Wildman–Crippen LogP) is 4.86. The molecule has 1 heterocycles. The molecule has 0 bridgehead atoms. The summed E-state index contributed by atoms with van der Waals surface area (Å²) in [7, 11) is 0. The largest absolute Gasteiger partial charge is 0.279 e. The van der Waals surface area contributed by atoms with Gasteiger partial charge in [-0.1, -0.05) is 42.5 Å². The summed E-state index contributed by atoms with van der Waals surface area (Å²) in [4.78, 5) is 0. The van der Waals surface area contributed by atoms with E-state index in [9.17, 15) is 0 Å². The van der Waals surface area contributed by atoms with Gasteiger partial charge in [0.05, 0.1) is 11.9 Å². The lowest BCUT2D eigenvalue weighted by molar-refractivity contribution is 1.35. The molecule has 0 atom stereocenters. The van der Waals surface area contributed by atoms with Crippen LogP contribution in [0.5, 0.6) is 0 Å². The number of anilines is 1. The molecule has 0 saturated heterocycles. The van der Waals surface area contributed by atoms with Crippen molar-refractivity contribution in [2.45, 2.75) is 0 Å². The van der Waals surface area contributed by atoms with Crippen molar-refractivity contribution in [1.82, 2.24) is 0 Å². The number of hydrogen-bond donors (Lipinski definition) is 1. The molecule has 2 aromatic carbocycles. The molecular weight excluding hydrogens is 264 g/mol. The summed E-state index contributed by atoms with van der Waals surface area (Å²) in [6.07, 6.45) is 1.82. The molecule has 1 N–H and O–H groups in total. The van der Waals surface area contributed by atoms with E-state index in [1.165, 1.54) is 11.1 Å². The molecule has 0 saturated carbocycles. The highest BCUT2D eigenvalue weighted by atomic mass is 32.1. The maximum atomic E-state index is 4.23. The second-order valence-electron chi connectivity index (χ2n) is 4.37. The molecule has 0 spiro atoms. The number of benzene rings is 2. The van der Waals surface area contributed by atoms with Crippen molar-refractivity contribution in [2.24, 2.45) is 5.10 Å². The van der Waals surface area contributed by atoms with Gasteiger partial charge in [0, 0.05) is 0 Å². The molecule has 3 rings (SSSR count). The summed E-state index contributed by atoms with van der Waals surface area (Å²) >= 11 is 1.71. The Balaban J connectivity index is 1.66. The van der Waals surface area contributed by atoms with Crippen LogP contribution in [0.3, 0.4) is 0 Å². The Bertz CT molecular complexity index is 671. The fourth-order valence-electron chi connectivity index (χ4n) is 1.88. The zero-order chi connectivity index (χ0) is 13.6. The molecule has 0 fully saturated rings. The van der Waals surface area contributed by atoms with E-state index in [1.54, 1.807) is 11.3 Å². The molecule has 3 heteroatoms. The second-order valence-corrected chi connectivity index (χ2v) is 5.15. The number of hydrogen-bond acceptors (Lipinski definition) is 3. The van der Waals surface area contributed by atoms with Crippen molar-refractivity contribution in [3.05, 3.63) is 77.0 Å². The highest BCUT2D eigenvalue weighted by Crippen LogP contribution is 2.21. The highest BCUT2D eigenvalue weighted by molar-refractivity contribution is 7.08. The quantitative estimate of drug-likeness (QED) is 0.535. The Morgan fingerprint density at radius 3 is 2.35 bits per heavy atom. The standard InChI is InChI=1S/C17H14N2S/c1-2-4-17(5-3-1)19-18-12-14-6-8-15(9-7-14)16-10-11-20-13-16/h1-13,19H. The first-order valence-electron chi connectivity index (χ1n) is 6.38. The molecule has 0 radical (unpaired) electrons. The van der Waals surface area contributed by atoms with Gasteiger partial charge < -0.3 is 0 Å². The molecular formula is C17H14N2S. The third-order valence-electron chi connectivity index (χ3n) is 2.95. The lowest BCUT2D eigenvalue weighted by Crippen LogP contribution is -1.89. The smallest absolute Gasteiger partial charge is 0.0561 e. The average molecular weight is 278 g/mol. The van der Waals surface area contributed by atoms with Crippen molar-refractivity contribution >= 4 is 23.2 Å². The van der Waals surface area contributed by atoms with Crippen LogP contribution < -0.4 is 5.43 Å². The molecule has 0 aliphatic carbocycles. The maximum absolute atomic E-state index is 4.23. The van der Waals surface area contributed by atoms with Crippen molar-refractivity contribution < 1.29 is 0 Å². The van der Waals surface area contributed by atoms with Gasteiger partial charge in [0.25, 0.3) is 0 Å². The van der Waals surface area contributed by atoms with Gasteiger partial charge in [-0.25, -0.2) is 0 Å². The fraction of sp³-hybridized carbons (Fsp3) is 0. The summed E-state index contributed by atoms with van der Waals surface area (Å²) < 4.78 is 0. The second kappa shape index (κ2) is 6.17. The molecule has 2 nitrogen and oxygen atoms in total. The van der Waals surface area contributed by atoms with E-state index < -0.39 is 0 Å². The molecule has 0 aliphatic rings. The van der Waals surface area contributed by atoms with E-state index >= 15 is 0 Å². The maximum Gasteiger partial charge on any atom is 0.0561 e. The van der Waals surface area contributed by atoms with Crippen LogP contribution in [0.2, 0.25) is 0 Å². The van der Waals surface area contributed by atoms with Crippen molar-refractivity contribution in [3.63, 3.8) is 0 Å². The lowest BCUT2D eigenvalue weighted by atomic mass is 10.1. The fourth-order valence-corrected chi connectivity index (χ4v) is 2.55. The van der Waals surface area contributed by atoms with Crippen molar-refractivity contribution in [2.75, 3.05) is 5.43 Å². The third kappa shape index (κ3) is 3.13. The van der Waals surface area contributed by atoms with E-state index in [0.29, 0.717) is 0 Å². The van der Waals surface area contributed by atoms with Crippen LogP contribution in [0, 0.1) is 0 Å². The van der Waals surface area contributed by atoms with Crippen LogP contribution >= 0.6 is 11.3 Å². The number of nitrogens with zero attached hydrogens (tertiary/aromatic N) is 1. The summed E-state index contributed by atoms with van der Waals surface area (Å²) in [5.41, 5.74) is 7.57. The Morgan fingerprint density at radius 2 is 1.65 bits per heavy atom. The lowest BCUT2D eigenvalue weighted by Gasteiger charge is -2.00. The van der Waals surface area contributed by atoms with Crippen LogP contribution in [0.15, 0.2) is 76.5 Å². The summed E-state index contributed by atoms with van der Waals surface area (Å²) in [6.45, 7) is 0. The topological polar surface area (TPSA) is 24.4 Å². The van der Waals surface area contributed by atoms with Crippen LogP contribution in [0.25, 0.3) is 11.1 Å². The van der Waals surface area contributed by atoms with Crippen LogP contribution in [0.4, 0.5) is 5.69 Å². The summed E-state index contributed by atoms with van der Waals surface area (Å²) in [6, 6.07) is 20.4. The normalized spacial score (nSPS) is 10.8. The third-order valence-corrected chi connectivity index (χ3v) is 3.63. The van der Waals surface area contributed by atoms with E-state index in [-0.39, 0.29) is 0 Å². The number of hydrazone groups is 1. The van der Waals surface area contributed by atoms with Crippen molar-refractivity contribution in [1.29, 1.82) is 0 Å². The van der Waals surface area contributed by atoms with Gasteiger partial charge in [0.2, 0.25) is 0 Å². The molecule has 3 aromatic rings. The first kappa shape index (κ1) is 12.6. The summed E-state index contributed by atoms with van der Waals surface area (Å²) in [5.74, 6) is 0. The zero-order valence-electron chi connectivity index (χ0n) is 10.9. The van der Waals surface area contributed by atoms with Gasteiger partial charge in [-0.2, -0.15) is 16.4 Å². The van der Waals surface area contributed by atoms with Gasteiger partial charge in [0.1, 0.15) is 0 Å². The Kier molecular flexibility index (Phi) is 3.90. The predicted molar refractivity (Wildman–Crippen MR) is 87.4 cm³/mol. The van der Waals surface area contributed by atoms with Crippen LogP contribution in [-0.4, -0.2) is 6.21 Å². The molecule has 0 aliphatic heterocycles. The Morgan fingerprint density at radius 1 is 0.850 bits per heavy atom. The van der Waals surface area contributed by atoms with E-state index in [1.807, 2.05) is 36.5 Å². The average Bonchev–Trinajstić information content (AvgIpc) is 3.03. The number of para-hydroxylation sites is 1. The number of nitrogens with one attached hydrogen (secondary N) is 1. The van der Waals surface area contributed by atoms with Gasteiger partial charge in [-0.05, 0) is 45.6 Å². The summed E-state index contributed by atoms with van der Waals surface area (Å²) in [5, 5.41) is 8.48. The SMILES string of the molecule is C(=NNc1ccccc1)c1ccc(-c2ccsc2)cc1. The molecule has 98 valence electrons. The Hall–Kier alpha value is -2.39. The monoisotopic (exact) mass is 278 g/mol. The van der Waals surface area contributed by atoms with Gasteiger partial charge in [-0.3, -0.25) is 5.43 Å². The molecule has 1 aromatic heterocycles. The Labute approximate surface area is 122 Å².